The molecule has 5 atom stereocenters. The third-order valence-corrected chi connectivity index (χ3v) is 6.69. The number of ether oxygens (including phenoxy) is 1. The Labute approximate surface area is 169 Å². The smallest absolute Gasteiger partial charge is 0.333 e. The van der Waals surface area contributed by atoms with E-state index in [2.05, 4.69) is 6.92 Å². The molecule has 3 N–H and O–H groups in total. The first-order valence-electron chi connectivity index (χ1n) is 9.98. The molecule has 1 aliphatic heterocycles. The molecule has 0 spiro atoms. The summed E-state index contributed by atoms with van der Waals surface area (Å²) in [6.45, 7) is 4.08. The van der Waals surface area contributed by atoms with Crippen molar-refractivity contribution in [3.8, 4) is 0 Å². The molecule has 0 aromatic carbocycles. The van der Waals surface area contributed by atoms with E-state index in [4.69, 9.17) is 9.84 Å². The van der Waals surface area contributed by atoms with E-state index in [1.807, 2.05) is 6.92 Å². The van der Waals surface area contributed by atoms with Gasteiger partial charge in [-0.25, -0.2) is 9.59 Å². The van der Waals surface area contributed by atoms with Gasteiger partial charge in [0.05, 0.1) is 17.1 Å². The van der Waals surface area contributed by atoms with E-state index in [0.29, 0.717) is 12.5 Å². The Kier molecular flexibility index (Phi) is 5.87. The molecule has 8 nitrogen and oxygen atoms in total. The number of aliphatic carboxylic acids is 2. The minimum atomic E-state index is -1.32. The number of aliphatic hydroxyl groups is 1. The molecular formula is C21H29NO7. The zero-order chi connectivity index (χ0) is 21.5. The van der Waals surface area contributed by atoms with Crippen molar-refractivity contribution in [1.82, 2.24) is 4.90 Å². The van der Waals surface area contributed by atoms with E-state index in [1.165, 1.54) is 11.1 Å². The highest BCUT2D eigenvalue weighted by Crippen LogP contribution is 2.52. The summed E-state index contributed by atoms with van der Waals surface area (Å²) >= 11 is 0. The van der Waals surface area contributed by atoms with Crippen molar-refractivity contribution in [1.29, 1.82) is 0 Å². The molecule has 2 fully saturated rings. The zero-order valence-corrected chi connectivity index (χ0v) is 17.1. The molecule has 29 heavy (non-hydrogen) atoms. The van der Waals surface area contributed by atoms with E-state index in [9.17, 15) is 24.6 Å². The monoisotopic (exact) mass is 407 g/mol. The minimum Gasteiger partial charge on any atom is -0.478 e. The number of esters is 1. The van der Waals surface area contributed by atoms with Crippen molar-refractivity contribution < 1.29 is 34.4 Å². The highest BCUT2D eigenvalue weighted by atomic mass is 16.6. The lowest BCUT2D eigenvalue weighted by molar-refractivity contribution is -0.148. The maximum absolute atomic E-state index is 12.7. The first kappa shape index (κ1) is 21.5. The summed E-state index contributed by atoms with van der Waals surface area (Å²) in [6, 6.07) is 0. The van der Waals surface area contributed by atoms with Crippen LogP contribution in [0, 0.1) is 17.8 Å². The average Bonchev–Trinajstić information content (AvgIpc) is 3.02. The van der Waals surface area contributed by atoms with Crippen LogP contribution in [0.5, 0.6) is 0 Å². The number of nitrogens with zero attached hydrogens (tertiary/aromatic N) is 1. The van der Waals surface area contributed by atoms with Gasteiger partial charge in [-0.15, -0.1) is 0 Å². The van der Waals surface area contributed by atoms with Crippen LogP contribution < -0.4 is 0 Å². The van der Waals surface area contributed by atoms with E-state index < -0.39 is 23.5 Å². The van der Waals surface area contributed by atoms with Crippen molar-refractivity contribution in [2.45, 2.75) is 51.2 Å². The number of hydrogen-bond acceptors (Lipinski definition) is 6. The summed E-state index contributed by atoms with van der Waals surface area (Å²) in [5.41, 5.74) is 1.32. The van der Waals surface area contributed by atoms with Crippen LogP contribution in [0.2, 0.25) is 0 Å². The van der Waals surface area contributed by atoms with Gasteiger partial charge < -0.3 is 25.0 Å². The summed E-state index contributed by atoms with van der Waals surface area (Å²) in [7, 11) is 1.66. The molecule has 2 aliphatic carbocycles. The first-order chi connectivity index (χ1) is 13.5. The fourth-order valence-electron chi connectivity index (χ4n) is 5.27. The normalized spacial score (nSPS) is 34.7. The Hall–Kier alpha value is -2.19. The number of carbonyl (C=O) groups is 3. The van der Waals surface area contributed by atoms with Crippen molar-refractivity contribution in [2.75, 3.05) is 20.1 Å². The molecule has 1 unspecified atom stereocenters. The van der Waals surface area contributed by atoms with Crippen LogP contribution in [0.15, 0.2) is 22.8 Å². The molecule has 0 amide bonds. The SMILES string of the molecule is CC1=C2CC[C@@](C)(O)C2[C@H]2OC(=O)[C@@H](CN(C)C/C(=C\C(=O)O)C(=O)O)[C@@H]2CC1. The summed E-state index contributed by atoms with van der Waals surface area (Å²) in [5, 5.41) is 29.0. The topological polar surface area (TPSA) is 124 Å². The second-order valence-corrected chi connectivity index (χ2v) is 8.86. The summed E-state index contributed by atoms with van der Waals surface area (Å²) < 4.78 is 5.79. The Morgan fingerprint density at radius 1 is 1.31 bits per heavy atom. The van der Waals surface area contributed by atoms with Gasteiger partial charge in [-0.05, 0) is 46.6 Å². The molecule has 1 heterocycles. The second-order valence-electron chi connectivity index (χ2n) is 8.86. The summed E-state index contributed by atoms with van der Waals surface area (Å²) in [5.74, 6) is -3.65. The predicted molar refractivity (Wildman–Crippen MR) is 103 cm³/mol. The Morgan fingerprint density at radius 3 is 2.62 bits per heavy atom. The molecular weight excluding hydrogens is 378 g/mol. The first-order valence-corrected chi connectivity index (χ1v) is 9.98. The molecule has 160 valence electrons. The van der Waals surface area contributed by atoms with Crippen LogP contribution in [0.25, 0.3) is 0 Å². The second kappa shape index (κ2) is 7.91. The lowest BCUT2D eigenvalue weighted by atomic mass is 9.77. The standard InChI is InChI=1S/C21H29NO7/c1-11-4-5-14-15(10-22(3)9-12(19(25)26)8-16(23)24)20(27)29-18(14)17-13(11)6-7-21(17,2)28/h8,14-15,17-18,28H,4-7,9-10H2,1-3H3,(H,23,24)(H,25,26)/b12-8+/t14-,15-,17?,18-,21+/m0/s1. The molecule has 0 bridgehead atoms. The van der Waals surface area contributed by atoms with E-state index in [-0.39, 0.29) is 42.6 Å². The Bertz CT molecular complexity index is 782. The fraction of sp³-hybridized carbons (Fsp3) is 0.667. The highest BCUT2D eigenvalue weighted by molar-refractivity contribution is 5.95. The fourth-order valence-corrected chi connectivity index (χ4v) is 5.27. The number of allylic oxidation sites excluding steroid dienone is 1. The zero-order valence-electron chi connectivity index (χ0n) is 17.1. The molecule has 3 rings (SSSR count). The van der Waals surface area contributed by atoms with Crippen molar-refractivity contribution in [3.05, 3.63) is 22.8 Å². The van der Waals surface area contributed by atoms with Gasteiger partial charge in [0.2, 0.25) is 0 Å². The molecule has 1 saturated carbocycles. The van der Waals surface area contributed by atoms with Crippen LogP contribution in [-0.4, -0.2) is 70.0 Å². The van der Waals surface area contributed by atoms with Crippen LogP contribution in [0.3, 0.4) is 0 Å². The number of carboxylic acid groups (broad SMARTS) is 2. The Morgan fingerprint density at radius 2 is 2.00 bits per heavy atom. The van der Waals surface area contributed by atoms with Gasteiger partial charge in [-0.3, -0.25) is 4.79 Å². The van der Waals surface area contributed by atoms with Crippen LogP contribution in [-0.2, 0) is 19.1 Å². The number of carbonyl (C=O) groups excluding carboxylic acids is 1. The van der Waals surface area contributed by atoms with Crippen LogP contribution in [0.4, 0.5) is 0 Å². The lowest BCUT2D eigenvalue weighted by Crippen LogP contribution is -2.41. The number of hydrogen-bond donors (Lipinski definition) is 3. The van der Waals surface area contributed by atoms with Gasteiger partial charge in [-0.2, -0.15) is 0 Å². The maximum Gasteiger partial charge on any atom is 0.333 e. The molecule has 0 radical (unpaired) electrons. The van der Waals surface area contributed by atoms with Crippen molar-refractivity contribution in [2.24, 2.45) is 17.8 Å². The Balaban J connectivity index is 1.78. The van der Waals surface area contributed by atoms with Gasteiger partial charge >= 0.3 is 17.9 Å². The van der Waals surface area contributed by atoms with Crippen LogP contribution in [0.1, 0.15) is 39.5 Å². The van der Waals surface area contributed by atoms with E-state index in [1.54, 1.807) is 11.9 Å². The van der Waals surface area contributed by atoms with Crippen LogP contribution >= 0.6 is 0 Å². The van der Waals surface area contributed by atoms with E-state index >= 15 is 0 Å². The van der Waals surface area contributed by atoms with Gasteiger partial charge in [-0.1, -0.05) is 11.1 Å². The van der Waals surface area contributed by atoms with Gasteiger partial charge in [0.15, 0.2) is 0 Å². The largest absolute Gasteiger partial charge is 0.478 e. The van der Waals surface area contributed by atoms with Crippen molar-refractivity contribution in [3.63, 3.8) is 0 Å². The quantitative estimate of drug-likeness (QED) is 0.343. The number of rotatable bonds is 6. The number of carboxylic acids is 2. The lowest BCUT2D eigenvalue weighted by Gasteiger charge is -2.33. The maximum atomic E-state index is 12.7. The van der Waals surface area contributed by atoms with Gasteiger partial charge in [0.25, 0.3) is 0 Å². The number of likely N-dealkylation sites (N-methyl/N-ethyl adjacent to an activating group) is 1. The molecule has 8 heteroatoms. The summed E-state index contributed by atoms with van der Waals surface area (Å²) in [6.07, 6.45) is 3.39. The van der Waals surface area contributed by atoms with Gasteiger partial charge in [0, 0.05) is 31.0 Å². The summed E-state index contributed by atoms with van der Waals surface area (Å²) in [4.78, 5) is 36.5. The molecule has 0 aromatic rings. The molecule has 3 aliphatic rings. The minimum absolute atomic E-state index is 0.0660. The van der Waals surface area contributed by atoms with Crippen molar-refractivity contribution >= 4 is 17.9 Å². The number of fused-ring (bicyclic) bond motifs is 3. The van der Waals surface area contributed by atoms with Gasteiger partial charge in [0.1, 0.15) is 6.10 Å². The average molecular weight is 407 g/mol. The molecule has 1 saturated heterocycles. The molecule has 0 aromatic heterocycles. The third-order valence-electron chi connectivity index (χ3n) is 6.69. The van der Waals surface area contributed by atoms with E-state index in [0.717, 1.165) is 19.3 Å². The highest BCUT2D eigenvalue weighted by Gasteiger charge is 2.56. The predicted octanol–water partition coefficient (Wildman–Crippen LogP) is 1.44. The third kappa shape index (κ3) is 4.23.